The van der Waals surface area contributed by atoms with Gasteiger partial charge in [-0.25, -0.2) is 4.99 Å². The fourth-order valence-electron chi connectivity index (χ4n) is 2.53. The summed E-state index contributed by atoms with van der Waals surface area (Å²) in [7, 11) is 0. The molecular formula is C23H31CuN3O3. The molecule has 0 atom stereocenters. The predicted octanol–water partition coefficient (Wildman–Crippen LogP) is 3.40. The first-order valence-electron chi connectivity index (χ1n) is 9.51. The molecule has 0 aliphatic carbocycles. The zero-order chi connectivity index (χ0) is 22.6. The molecule has 0 aromatic heterocycles. The van der Waals surface area contributed by atoms with Crippen LogP contribution in [0.2, 0.25) is 0 Å². The third kappa shape index (κ3) is 7.88. The first-order chi connectivity index (χ1) is 13.1. The van der Waals surface area contributed by atoms with Crippen LogP contribution < -0.4 is 10.2 Å². The van der Waals surface area contributed by atoms with Gasteiger partial charge in [-0.2, -0.15) is 5.10 Å². The van der Waals surface area contributed by atoms with E-state index in [2.05, 4.69) is 36.0 Å². The van der Waals surface area contributed by atoms with Crippen molar-refractivity contribution in [2.45, 2.75) is 73.1 Å². The molecule has 167 valence electrons. The molecule has 7 heteroatoms. The van der Waals surface area contributed by atoms with Gasteiger partial charge in [0.1, 0.15) is 5.84 Å². The van der Waals surface area contributed by atoms with Crippen LogP contribution >= 0.6 is 0 Å². The van der Waals surface area contributed by atoms with Crippen molar-refractivity contribution in [2.75, 3.05) is 0 Å². The molecule has 0 saturated carbocycles. The maximum absolute atomic E-state index is 12.9. The van der Waals surface area contributed by atoms with Gasteiger partial charge in [0.25, 0.3) is 0 Å². The molecule has 30 heavy (non-hydrogen) atoms. The minimum atomic E-state index is -0.359. The van der Waals surface area contributed by atoms with Crippen molar-refractivity contribution in [3.63, 3.8) is 0 Å². The third-order valence-electron chi connectivity index (χ3n) is 4.33. The second-order valence-corrected chi connectivity index (χ2v) is 9.12. The summed E-state index contributed by atoms with van der Waals surface area (Å²) in [6.45, 7) is 16.5. The molecule has 1 radical (unpaired) electrons. The van der Waals surface area contributed by atoms with Crippen molar-refractivity contribution < 1.29 is 32.1 Å². The molecule has 0 saturated heterocycles. The summed E-state index contributed by atoms with van der Waals surface area (Å²) in [6.07, 6.45) is 2.61. The Morgan fingerprint density at radius 3 is 2.00 bits per heavy atom. The van der Waals surface area contributed by atoms with E-state index in [0.29, 0.717) is 5.56 Å². The predicted molar refractivity (Wildman–Crippen MR) is 116 cm³/mol. The van der Waals surface area contributed by atoms with Crippen molar-refractivity contribution in [1.82, 2.24) is 0 Å². The Morgan fingerprint density at radius 1 is 1.00 bits per heavy atom. The topological polar surface area (TPSA) is 100 Å². The van der Waals surface area contributed by atoms with Crippen LogP contribution in [-0.4, -0.2) is 24.0 Å². The molecule has 0 aliphatic heterocycles. The molecule has 6 nitrogen and oxygen atoms in total. The van der Waals surface area contributed by atoms with Gasteiger partial charge < -0.3 is 10.2 Å². The Labute approximate surface area is 190 Å². The first-order valence-corrected chi connectivity index (χ1v) is 9.51. The van der Waals surface area contributed by atoms with Crippen LogP contribution in [0.15, 0.2) is 38.7 Å². The number of rotatable bonds is 4. The Balaban J connectivity index is 0.00000841. The van der Waals surface area contributed by atoms with Crippen molar-refractivity contribution in [2.24, 2.45) is 15.2 Å². The monoisotopic (exact) mass is 460 g/mol. The van der Waals surface area contributed by atoms with E-state index in [0.717, 1.165) is 11.1 Å². The summed E-state index contributed by atoms with van der Waals surface area (Å²) >= 11 is 0. The smallest absolute Gasteiger partial charge is 0.875 e. The Hall–Kier alpha value is -2.24. The fourth-order valence-corrected chi connectivity index (χ4v) is 2.53. The Kier molecular flexibility index (Phi) is 9.89. The van der Waals surface area contributed by atoms with Crippen molar-refractivity contribution in [3.05, 3.63) is 40.2 Å². The van der Waals surface area contributed by atoms with Crippen LogP contribution in [0.25, 0.3) is 0 Å². The van der Waals surface area contributed by atoms with E-state index < -0.39 is 0 Å². The normalized spacial score (nSPS) is 14.1. The van der Waals surface area contributed by atoms with Gasteiger partial charge in [-0.15, -0.1) is 10.9 Å². The van der Waals surface area contributed by atoms with E-state index in [4.69, 9.17) is 0 Å². The van der Waals surface area contributed by atoms with Crippen molar-refractivity contribution in [1.29, 1.82) is 0 Å². The number of aliphatic imine (C=N–C) groups is 1. The Morgan fingerprint density at radius 2 is 1.57 bits per heavy atom. The van der Waals surface area contributed by atoms with Gasteiger partial charge in [0.15, 0.2) is 5.78 Å². The maximum Gasteiger partial charge on any atom is 2.00 e. The average molecular weight is 461 g/mol. The standard InChI is InChI=1S/C23H33N3O3.Cu/c1-14(27)19(15(2)28)13-24-16(3)26-25-12-17-10-18(22(4,5)6)11-20(21(17)29)23(7,8)9;/h10-13,27,29H,1-9H3;/q;+2/p-2/b19-14+,24-13+,25-12+,26-16-;. The van der Waals surface area contributed by atoms with Gasteiger partial charge >= 0.3 is 17.1 Å². The van der Waals surface area contributed by atoms with E-state index in [-0.39, 0.29) is 56.6 Å². The summed E-state index contributed by atoms with van der Waals surface area (Å²) in [5, 5.41) is 32.2. The minimum Gasteiger partial charge on any atom is -0.875 e. The number of benzene rings is 1. The number of hydrogen-bond donors (Lipinski definition) is 0. The van der Waals surface area contributed by atoms with Crippen LogP contribution in [0.4, 0.5) is 0 Å². The minimum absolute atomic E-state index is 0. The van der Waals surface area contributed by atoms with Crippen LogP contribution in [0.5, 0.6) is 5.75 Å². The molecule has 0 bridgehead atoms. The van der Waals surface area contributed by atoms with Crippen molar-refractivity contribution in [3.8, 4) is 5.75 Å². The van der Waals surface area contributed by atoms with E-state index in [1.165, 1.54) is 26.3 Å². The molecule has 0 aliphatic rings. The van der Waals surface area contributed by atoms with Gasteiger partial charge in [-0.1, -0.05) is 66.3 Å². The largest absolute Gasteiger partial charge is 2.00 e. The second kappa shape index (κ2) is 10.7. The number of carbonyl (C=O) groups is 1. The number of allylic oxidation sites excluding steroid dienone is 2. The summed E-state index contributed by atoms with van der Waals surface area (Å²) in [5.74, 6) is -0.532. The first kappa shape index (κ1) is 27.8. The number of Topliss-reactive ketones (excluding diaryl/α,β-unsaturated/α-hetero) is 1. The fraction of sp³-hybridized carbons (Fsp3) is 0.478. The van der Waals surface area contributed by atoms with Crippen LogP contribution in [0, 0.1) is 0 Å². The summed E-state index contributed by atoms with van der Waals surface area (Å²) in [6, 6.07) is 3.81. The van der Waals surface area contributed by atoms with Crippen molar-refractivity contribution >= 4 is 24.0 Å². The molecule has 1 aromatic carbocycles. The molecule has 0 spiro atoms. The quantitative estimate of drug-likeness (QED) is 0.172. The molecule has 0 fully saturated rings. The summed E-state index contributed by atoms with van der Waals surface area (Å²) in [5.41, 5.74) is 1.82. The van der Waals surface area contributed by atoms with Crippen LogP contribution in [0.1, 0.15) is 79.0 Å². The SMILES string of the molecule is CC(=O)C(/C=N/C(C)=N\N=C\c1cc(C(C)(C)C)cc(C(C)(C)C)c1[O-])=C(\C)[O-].[Cu+2]. The second-order valence-electron chi connectivity index (χ2n) is 9.12. The van der Waals surface area contributed by atoms with E-state index in [9.17, 15) is 15.0 Å². The number of ketones is 1. The van der Waals surface area contributed by atoms with E-state index >= 15 is 0 Å². The molecule has 0 N–H and O–H groups in total. The summed E-state index contributed by atoms with van der Waals surface area (Å²) in [4.78, 5) is 15.4. The zero-order valence-corrected chi connectivity index (χ0v) is 20.1. The zero-order valence-electron chi connectivity index (χ0n) is 19.2. The summed E-state index contributed by atoms with van der Waals surface area (Å²) < 4.78 is 0. The average Bonchev–Trinajstić information content (AvgIpc) is 2.53. The molecule has 0 amide bonds. The van der Waals surface area contributed by atoms with Gasteiger partial charge in [-0.05, 0) is 41.4 Å². The van der Waals surface area contributed by atoms with Crippen LogP contribution in [0.3, 0.4) is 0 Å². The molecule has 0 unspecified atom stereocenters. The van der Waals surface area contributed by atoms with Gasteiger partial charge in [-0.3, -0.25) is 4.79 Å². The van der Waals surface area contributed by atoms with Gasteiger partial charge in [0.2, 0.25) is 0 Å². The van der Waals surface area contributed by atoms with E-state index in [1.807, 2.05) is 32.9 Å². The Bertz CT molecular complexity index is 895. The number of carbonyl (C=O) groups excluding carboxylic acids is 1. The van der Waals surface area contributed by atoms with Crippen LogP contribution in [-0.2, 0) is 32.7 Å². The number of nitrogens with zero attached hydrogens (tertiary/aromatic N) is 3. The van der Waals surface area contributed by atoms with Gasteiger partial charge in [0, 0.05) is 11.8 Å². The van der Waals surface area contributed by atoms with E-state index in [1.54, 1.807) is 6.92 Å². The molecule has 0 heterocycles. The third-order valence-corrected chi connectivity index (χ3v) is 4.33. The number of hydrogen-bond acceptors (Lipinski definition) is 5. The maximum atomic E-state index is 12.9. The number of amidine groups is 1. The molecule has 1 rings (SSSR count). The molecular weight excluding hydrogens is 430 g/mol. The molecule has 1 aromatic rings. The van der Waals surface area contributed by atoms with Gasteiger partial charge in [0.05, 0.1) is 6.21 Å².